The lowest BCUT2D eigenvalue weighted by Crippen LogP contribution is -2.46. The molecule has 0 aromatic heterocycles. The number of hydrogen-bond acceptors (Lipinski definition) is 5. The zero-order chi connectivity index (χ0) is 21.0. The van der Waals surface area contributed by atoms with Crippen molar-refractivity contribution < 1.29 is 0 Å². The molecular weight excluding hydrogens is 365 g/mol. The predicted molar refractivity (Wildman–Crippen MR) is 122 cm³/mol. The molecule has 0 saturated heterocycles. The normalized spacial score (nSPS) is 15.5. The number of hydrogen-bond donors (Lipinski definition) is 0. The molecule has 2 rings (SSSR count). The third kappa shape index (κ3) is 5.06. The van der Waals surface area contributed by atoms with Gasteiger partial charge in [0.25, 0.3) is 0 Å². The van der Waals surface area contributed by atoms with E-state index in [2.05, 4.69) is 112 Å². The summed E-state index contributed by atoms with van der Waals surface area (Å²) in [5.41, 5.74) is 1.13. The van der Waals surface area contributed by atoms with Gasteiger partial charge in [-0.3, -0.25) is 0 Å². The Morgan fingerprint density at radius 1 is 0.857 bits per heavy atom. The average Bonchev–Trinajstić information content (AvgIpc) is 3.04. The lowest BCUT2D eigenvalue weighted by Gasteiger charge is -2.48. The van der Waals surface area contributed by atoms with Gasteiger partial charge in [0.1, 0.15) is 0 Å². The third-order valence-corrected chi connectivity index (χ3v) is 7.89. The van der Waals surface area contributed by atoms with Gasteiger partial charge in [-0.15, -0.1) is 0 Å². The summed E-state index contributed by atoms with van der Waals surface area (Å²) in [6.07, 6.45) is 0. The molecule has 0 unspecified atom stereocenters. The van der Waals surface area contributed by atoms with Gasteiger partial charge in [-0.1, -0.05) is 30.3 Å². The molecule has 0 aliphatic carbocycles. The van der Waals surface area contributed by atoms with Crippen molar-refractivity contribution in [3.05, 3.63) is 42.6 Å². The molecular formula is C22H38N5P. The summed E-state index contributed by atoms with van der Waals surface area (Å²) >= 11 is 0. The minimum absolute atomic E-state index is 0.416. The highest BCUT2D eigenvalue weighted by atomic mass is 31.2. The monoisotopic (exact) mass is 403 g/mol. The highest BCUT2D eigenvalue weighted by Crippen LogP contribution is 2.55. The maximum Gasteiger partial charge on any atom is 0.234 e. The molecule has 2 radical (unpaired) electrons. The van der Waals surface area contributed by atoms with Crippen molar-refractivity contribution in [3.63, 3.8) is 0 Å². The van der Waals surface area contributed by atoms with Gasteiger partial charge in [-0.2, -0.15) is 5.10 Å². The Morgan fingerprint density at radius 2 is 1.32 bits per heavy atom. The highest BCUT2D eigenvalue weighted by molar-refractivity contribution is 7.50. The van der Waals surface area contributed by atoms with E-state index in [0.717, 1.165) is 17.9 Å². The van der Waals surface area contributed by atoms with Gasteiger partial charge < -0.3 is 4.90 Å². The molecule has 6 heteroatoms. The van der Waals surface area contributed by atoms with Crippen molar-refractivity contribution in [2.75, 3.05) is 6.54 Å². The first-order valence-electron chi connectivity index (χ1n) is 10.5. The van der Waals surface area contributed by atoms with Gasteiger partial charge in [-0.05, 0) is 62.3 Å². The van der Waals surface area contributed by atoms with Gasteiger partial charge in [0.15, 0.2) is 14.2 Å². The predicted octanol–water partition coefficient (Wildman–Crippen LogP) is 5.45. The number of rotatable bonds is 9. The van der Waals surface area contributed by atoms with E-state index in [1.165, 1.54) is 0 Å². The first kappa shape index (κ1) is 23.1. The van der Waals surface area contributed by atoms with Crippen molar-refractivity contribution in [3.8, 4) is 0 Å². The van der Waals surface area contributed by atoms with Gasteiger partial charge in [-0.25, -0.2) is 14.1 Å². The molecule has 1 aliphatic rings. The van der Waals surface area contributed by atoms with Gasteiger partial charge >= 0.3 is 0 Å². The van der Waals surface area contributed by atoms with Crippen LogP contribution in [0.25, 0.3) is 0 Å². The number of benzene rings is 1. The minimum atomic E-state index is -0.836. The first-order chi connectivity index (χ1) is 13.2. The zero-order valence-corrected chi connectivity index (χ0v) is 20.0. The molecule has 28 heavy (non-hydrogen) atoms. The van der Waals surface area contributed by atoms with E-state index in [4.69, 9.17) is 5.10 Å². The van der Waals surface area contributed by atoms with Crippen LogP contribution in [0.4, 0.5) is 0 Å². The van der Waals surface area contributed by atoms with E-state index in [1.54, 1.807) is 0 Å². The van der Waals surface area contributed by atoms with Crippen LogP contribution in [0.3, 0.4) is 0 Å². The molecule has 0 amide bonds. The highest BCUT2D eigenvalue weighted by Gasteiger charge is 2.41. The summed E-state index contributed by atoms with van der Waals surface area (Å²) in [6.45, 7) is 24.8. The number of amidine groups is 1. The summed E-state index contributed by atoms with van der Waals surface area (Å²) in [5.74, 6) is 0.982. The number of hydrazone groups is 1. The van der Waals surface area contributed by atoms with E-state index in [-0.39, 0.29) is 0 Å². The van der Waals surface area contributed by atoms with Crippen molar-refractivity contribution in [2.24, 2.45) is 5.10 Å². The summed E-state index contributed by atoms with van der Waals surface area (Å²) in [5, 5.41) is 5.09. The molecule has 1 aromatic carbocycles. The molecule has 0 atom stereocenters. The Morgan fingerprint density at radius 3 is 1.71 bits per heavy atom. The molecule has 0 fully saturated rings. The molecule has 156 valence electrons. The molecule has 1 aromatic rings. The third-order valence-electron chi connectivity index (χ3n) is 4.70. The van der Waals surface area contributed by atoms with E-state index >= 15 is 0 Å². The molecule has 0 saturated carbocycles. The Labute approximate surface area is 174 Å². The van der Waals surface area contributed by atoms with Crippen molar-refractivity contribution in [1.29, 1.82) is 0 Å². The van der Waals surface area contributed by atoms with E-state index in [1.807, 2.05) is 6.07 Å². The van der Waals surface area contributed by atoms with Gasteiger partial charge in [0.05, 0.1) is 0 Å². The van der Waals surface area contributed by atoms with Crippen LogP contribution in [0, 0.1) is 6.67 Å². The van der Waals surface area contributed by atoms with Crippen LogP contribution in [0.5, 0.6) is 0 Å². The lowest BCUT2D eigenvalue weighted by molar-refractivity contribution is 0.228. The van der Waals surface area contributed by atoms with Gasteiger partial charge in [0, 0.05) is 36.3 Å². The molecule has 1 heterocycles. The fraction of sp³-hybridized carbons (Fsp3) is 0.636. The first-order valence-corrected chi connectivity index (χ1v) is 11.7. The van der Waals surface area contributed by atoms with Crippen LogP contribution < -0.4 is 0 Å². The molecule has 1 aliphatic heterocycles. The van der Waals surface area contributed by atoms with Crippen molar-refractivity contribution >= 4 is 14.2 Å². The fourth-order valence-corrected chi connectivity index (χ4v) is 6.39. The molecule has 0 N–H and O–H groups in total. The Balaban J connectivity index is 2.52. The van der Waals surface area contributed by atoms with Crippen molar-refractivity contribution in [1.82, 2.24) is 19.0 Å². The second kappa shape index (κ2) is 10.0. The molecule has 5 nitrogen and oxygen atoms in total. The standard InChI is InChI=1S/C22H38N5P/c1-10-24-16-25(23-22(24)21-14-12-11-13-15-21)28(26(17(2)3)18(4)5)27(19(6)7)20(8)9/h11-15,17-20H,10H2,1-9H3. The van der Waals surface area contributed by atoms with Crippen LogP contribution in [0.15, 0.2) is 35.4 Å². The second-order valence-electron chi connectivity index (χ2n) is 8.33. The summed E-state index contributed by atoms with van der Waals surface area (Å²) in [4.78, 5) is 2.14. The molecule has 0 spiro atoms. The van der Waals surface area contributed by atoms with Crippen LogP contribution in [0.2, 0.25) is 0 Å². The average molecular weight is 404 g/mol. The minimum Gasteiger partial charge on any atom is -0.323 e. The van der Waals surface area contributed by atoms with E-state index in [0.29, 0.717) is 24.2 Å². The largest absolute Gasteiger partial charge is 0.323 e. The SMILES string of the molecule is CCN1[C]N(P(N(C(C)C)C(C)C)N(C(C)C)C(C)C)N=C1c1ccccc1. The smallest absolute Gasteiger partial charge is 0.234 e. The quantitative estimate of drug-likeness (QED) is 0.512. The van der Waals surface area contributed by atoms with Crippen LogP contribution >= 0.6 is 8.37 Å². The number of nitrogens with zero attached hydrogens (tertiary/aromatic N) is 5. The van der Waals surface area contributed by atoms with Crippen LogP contribution in [-0.2, 0) is 0 Å². The Kier molecular flexibility index (Phi) is 8.30. The van der Waals surface area contributed by atoms with Crippen LogP contribution in [-0.4, -0.2) is 55.6 Å². The second-order valence-corrected chi connectivity index (χ2v) is 10.2. The van der Waals surface area contributed by atoms with Gasteiger partial charge in [0.2, 0.25) is 6.67 Å². The fourth-order valence-electron chi connectivity index (χ4n) is 3.76. The zero-order valence-electron chi connectivity index (χ0n) is 19.1. The summed E-state index contributed by atoms with van der Waals surface area (Å²) < 4.78 is 7.29. The maximum atomic E-state index is 5.09. The molecule has 0 bridgehead atoms. The van der Waals surface area contributed by atoms with Crippen molar-refractivity contribution in [2.45, 2.75) is 86.5 Å². The Bertz CT molecular complexity index is 593. The van der Waals surface area contributed by atoms with E-state index in [9.17, 15) is 0 Å². The summed E-state index contributed by atoms with van der Waals surface area (Å²) in [6, 6.07) is 12.1. The van der Waals surface area contributed by atoms with E-state index < -0.39 is 8.37 Å². The van der Waals surface area contributed by atoms with Crippen LogP contribution in [0.1, 0.15) is 67.9 Å². The topological polar surface area (TPSA) is 25.3 Å². The summed E-state index contributed by atoms with van der Waals surface area (Å²) in [7, 11) is -0.836. The lowest BCUT2D eigenvalue weighted by atomic mass is 10.2. The Hall–Kier alpha value is -1.16. The maximum absolute atomic E-state index is 5.09.